The molecule has 17 heavy (non-hydrogen) atoms. The maximum absolute atomic E-state index is 11.8. The van der Waals surface area contributed by atoms with Gasteiger partial charge in [0, 0.05) is 17.3 Å². The molecule has 0 radical (unpaired) electrons. The van der Waals surface area contributed by atoms with E-state index in [9.17, 15) is 4.79 Å². The number of methoxy groups -OCH3 is 1. The largest absolute Gasteiger partial charge is 0.496 e. The van der Waals surface area contributed by atoms with Crippen LogP contribution in [-0.2, 0) is 11.2 Å². The molecule has 0 saturated carbocycles. The number of rotatable bonds is 5. The number of nitrogens with zero attached hydrogens (tertiary/aromatic N) is 1. The fourth-order valence-electron chi connectivity index (χ4n) is 1.77. The van der Waals surface area contributed by atoms with Crippen molar-refractivity contribution in [1.29, 1.82) is 0 Å². The van der Waals surface area contributed by atoms with Gasteiger partial charge in [0.1, 0.15) is 5.75 Å². The van der Waals surface area contributed by atoms with Gasteiger partial charge < -0.3 is 10.5 Å². The molecule has 0 spiro atoms. The minimum absolute atomic E-state index is 0.0222. The third kappa shape index (κ3) is 3.03. The van der Waals surface area contributed by atoms with E-state index < -0.39 is 6.04 Å². The molecule has 1 rings (SSSR count). The van der Waals surface area contributed by atoms with Crippen molar-refractivity contribution in [2.45, 2.75) is 39.7 Å². The number of hydrogen-bond donors (Lipinski definition) is 1. The summed E-state index contributed by atoms with van der Waals surface area (Å²) in [7, 11) is 1.62. The summed E-state index contributed by atoms with van der Waals surface area (Å²) in [4.78, 5) is 16.1. The van der Waals surface area contributed by atoms with Crippen molar-refractivity contribution < 1.29 is 9.53 Å². The third-order valence-corrected chi connectivity index (χ3v) is 2.94. The van der Waals surface area contributed by atoms with Gasteiger partial charge in [-0.15, -0.1) is 0 Å². The summed E-state index contributed by atoms with van der Waals surface area (Å²) >= 11 is 0. The van der Waals surface area contributed by atoms with Crippen molar-refractivity contribution in [1.82, 2.24) is 4.98 Å². The van der Waals surface area contributed by atoms with Crippen LogP contribution >= 0.6 is 0 Å². The number of ketones is 1. The van der Waals surface area contributed by atoms with Crippen LogP contribution in [0.1, 0.15) is 30.2 Å². The van der Waals surface area contributed by atoms with E-state index in [1.54, 1.807) is 13.3 Å². The zero-order chi connectivity index (χ0) is 13.0. The smallest absolute Gasteiger partial charge is 0.155 e. The molecule has 1 atom stereocenters. The molecule has 94 valence electrons. The highest BCUT2D eigenvalue weighted by atomic mass is 16.5. The summed E-state index contributed by atoms with van der Waals surface area (Å²) in [6, 6.07) is -0.400. The molecule has 4 heteroatoms. The number of carbonyl (C=O) groups excluding carboxylic acids is 1. The van der Waals surface area contributed by atoms with E-state index in [0.717, 1.165) is 22.6 Å². The first-order chi connectivity index (χ1) is 8.01. The SMILES string of the molecule is CCC(N)C(=O)Cc1ncc(C)c(OC)c1C. The maximum Gasteiger partial charge on any atom is 0.155 e. The van der Waals surface area contributed by atoms with Crippen LogP contribution in [0.25, 0.3) is 0 Å². The minimum Gasteiger partial charge on any atom is -0.496 e. The highest BCUT2D eigenvalue weighted by molar-refractivity contribution is 5.85. The zero-order valence-electron chi connectivity index (χ0n) is 10.9. The van der Waals surface area contributed by atoms with E-state index in [1.807, 2.05) is 20.8 Å². The zero-order valence-corrected chi connectivity index (χ0v) is 10.9. The van der Waals surface area contributed by atoms with Crippen molar-refractivity contribution in [3.63, 3.8) is 0 Å². The Kier molecular flexibility index (Phi) is 4.63. The first-order valence-corrected chi connectivity index (χ1v) is 5.78. The molecule has 1 unspecified atom stereocenters. The Labute approximate surface area is 102 Å². The average molecular weight is 236 g/mol. The quantitative estimate of drug-likeness (QED) is 0.842. The molecule has 0 saturated heterocycles. The molecule has 1 heterocycles. The van der Waals surface area contributed by atoms with E-state index >= 15 is 0 Å². The summed E-state index contributed by atoms with van der Waals surface area (Å²) < 4.78 is 5.30. The lowest BCUT2D eigenvalue weighted by molar-refractivity contribution is -0.119. The molecule has 1 aromatic heterocycles. The van der Waals surface area contributed by atoms with E-state index in [-0.39, 0.29) is 12.2 Å². The minimum atomic E-state index is -0.400. The maximum atomic E-state index is 11.8. The predicted octanol–water partition coefficient (Wildman–Crippen LogP) is 1.56. The number of aromatic nitrogens is 1. The highest BCUT2D eigenvalue weighted by Crippen LogP contribution is 2.24. The van der Waals surface area contributed by atoms with Crippen molar-refractivity contribution in [2.75, 3.05) is 7.11 Å². The lowest BCUT2D eigenvalue weighted by atomic mass is 10.0. The number of pyridine rings is 1. The molecule has 0 aliphatic carbocycles. The molecular formula is C13H20N2O2. The number of Topliss-reactive ketones (excluding diaryl/α,β-unsaturated/α-hetero) is 1. The molecule has 2 N–H and O–H groups in total. The number of nitrogens with two attached hydrogens (primary N) is 1. The van der Waals surface area contributed by atoms with Crippen molar-refractivity contribution >= 4 is 5.78 Å². The molecule has 0 bridgehead atoms. The monoisotopic (exact) mass is 236 g/mol. The molecule has 0 aromatic carbocycles. The Morgan fingerprint density at radius 2 is 2.18 bits per heavy atom. The van der Waals surface area contributed by atoms with Gasteiger partial charge in [-0.05, 0) is 20.3 Å². The van der Waals surface area contributed by atoms with Crippen LogP contribution in [-0.4, -0.2) is 23.9 Å². The van der Waals surface area contributed by atoms with Crippen LogP contribution in [0.3, 0.4) is 0 Å². The first-order valence-electron chi connectivity index (χ1n) is 5.78. The number of hydrogen-bond acceptors (Lipinski definition) is 4. The van der Waals surface area contributed by atoms with Gasteiger partial charge in [0.05, 0.1) is 25.3 Å². The Bertz CT molecular complexity index is 416. The van der Waals surface area contributed by atoms with E-state index in [4.69, 9.17) is 10.5 Å². The van der Waals surface area contributed by atoms with Gasteiger partial charge in [-0.2, -0.15) is 0 Å². The van der Waals surface area contributed by atoms with Crippen LogP contribution in [0.15, 0.2) is 6.20 Å². The standard InChI is InChI=1S/C13H20N2O2/c1-5-10(14)12(16)6-11-9(3)13(17-4)8(2)7-15-11/h7,10H,5-6,14H2,1-4H3. The Balaban J connectivity index is 2.97. The van der Waals surface area contributed by atoms with Gasteiger partial charge in [0.25, 0.3) is 0 Å². The lowest BCUT2D eigenvalue weighted by Crippen LogP contribution is -2.31. The Morgan fingerprint density at radius 1 is 1.53 bits per heavy atom. The second kappa shape index (κ2) is 5.77. The molecule has 1 aromatic rings. The van der Waals surface area contributed by atoms with Gasteiger partial charge in [-0.1, -0.05) is 6.92 Å². The highest BCUT2D eigenvalue weighted by Gasteiger charge is 2.16. The normalized spacial score (nSPS) is 12.3. The summed E-state index contributed by atoms with van der Waals surface area (Å²) in [6.45, 7) is 5.75. The Morgan fingerprint density at radius 3 is 2.71 bits per heavy atom. The lowest BCUT2D eigenvalue weighted by Gasteiger charge is -2.13. The molecule has 0 amide bonds. The molecule has 4 nitrogen and oxygen atoms in total. The summed E-state index contributed by atoms with van der Waals surface area (Å²) in [5, 5.41) is 0. The van der Waals surface area contributed by atoms with Crippen molar-refractivity contribution in [3.8, 4) is 5.75 Å². The second-order valence-electron chi connectivity index (χ2n) is 4.20. The van der Waals surface area contributed by atoms with Gasteiger partial charge in [0.15, 0.2) is 5.78 Å². The topological polar surface area (TPSA) is 65.2 Å². The van der Waals surface area contributed by atoms with Crippen LogP contribution in [0.4, 0.5) is 0 Å². The summed E-state index contributed by atoms with van der Waals surface area (Å²) in [5.41, 5.74) is 8.35. The van der Waals surface area contributed by atoms with Gasteiger partial charge in [-0.25, -0.2) is 0 Å². The predicted molar refractivity (Wildman–Crippen MR) is 67.2 cm³/mol. The molecular weight excluding hydrogens is 216 g/mol. The van der Waals surface area contributed by atoms with Crippen LogP contribution in [0.2, 0.25) is 0 Å². The fraction of sp³-hybridized carbons (Fsp3) is 0.538. The van der Waals surface area contributed by atoms with Crippen LogP contribution in [0.5, 0.6) is 5.75 Å². The third-order valence-electron chi connectivity index (χ3n) is 2.94. The van der Waals surface area contributed by atoms with Crippen molar-refractivity contribution in [3.05, 3.63) is 23.0 Å². The molecule has 0 aliphatic rings. The van der Waals surface area contributed by atoms with E-state index in [0.29, 0.717) is 6.42 Å². The van der Waals surface area contributed by atoms with Crippen LogP contribution in [0, 0.1) is 13.8 Å². The summed E-state index contributed by atoms with van der Waals surface area (Å²) in [5.74, 6) is 0.821. The number of ether oxygens (including phenoxy) is 1. The molecule has 0 fully saturated rings. The number of carbonyl (C=O) groups is 1. The average Bonchev–Trinajstić information content (AvgIpc) is 2.32. The Hall–Kier alpha value is -1.42. The van der Waals surface area contributed by atoms with Gasteiger partial charge in [-0.3, -0.25) is 9.78 Å². The summed E-state index contributed by atoms with van der Waals surface area (Å²) in [6.07, 6.45) is 2.66. The molecule has 0 aliphatic heterocycles. The fourth-order valence-corrected chi connectivity index (χ4v) is 1.77. The van der Waals surface area contributed by atoms with Crippen LogP contribution < -0.4 is 10.5 Å². The first kappa shape index (κ1) is 13.6. The van der Waals surface area contributed by atoms with Crippen molar-refractivity contribution in [2.24, 2.45) is 5.73 Å². The van der Waals surface area contributed by atoms with E-state index in [2.05, 4.69) is 4.98 Å². The second-order valence-corrected chi connectivity index (χ2v) is 4.20. The van der Waals surface area contributed by atoms with Gasteiger partial charge in [0.2, 0.25) is 0 Å². The van der Waals surface area contributed by atoms with Gasteiger partial charge >= 0.3 is 0 Å². The number of aryl methyl sites for hydroxylation is 1. The van der Waals surface area contributed by atoms with E-state index in [1.165, 1.54) is 0 Å².